The molecule has 0 atom stereocenters. The molecular weight excluding hydrogens is 494 g/mol. The van der Waals surface area contributed by atoms with Crippen LogP contribution in [0.2, 0.25) is 0 Å². The van der Waals surface area contributed by atoms with Gasteiger partial charge in [-0.05, 0) is 55.3 Å². The Hall–Kier alpha value is -4.31. The number of pyridine rings is 1. The number of anilines is 3. The number of allylic oxidation sites excluding steroid dienone is 1. The first kappa shape index (κ1) is 26.3. The van der Waals surface area contributed by atoms with E-state index >= 15 is 0 Å². The molecule has 39 heavy (non-hydrogen) atoms. The summed E-state index contributed by atoms with van der Waals surface area (Å²) in [4.78, 5) is 43.9. The highest BCUT2D eigenvalue weighted by molar-refractivity contribution is 6.40. The number of aromatic nitrogens is 3. The number of carbonyl (C=O) groups excluding carboxylic acids is 2. The second-order valence-corrected chi connectivity index (χ2v) is 9.94. The number of piperazine rings is 1. The van der Waals surface area contributed by atoms with Crippen molar-refractivity contribution < 1.29 is 14.3 Å². The Morgan fingerprint density at radius 2 is 1.51 bits per heavy atom. The monoisotopic (exact) mass is 527 g/mol. The van der Waals surface area contributed by atoms with Crippen molar-refractivity contribution in [3.8, 4) is 22.4 Å². The third kappa shape index (κ3) is 6.23. The van der Waals surface area contributed by atoms with Crippen LogP contribution in [0, 0.1) is 0 Å². The van der Waals surface area contributed by atoms with Crippen molar-refractivity contribution in [3.05, 3.63) is 60.4 Å². The Morgan fingerprint density at radius 3 is 2.15 bits per heavy atom. The lowest BCUT2D eigenvalue weighted by Crippen LogP contribution is -2.50. The predicted molar refractivity (Wildman–Crippen MR) is 151 cm³/mol. The van der Waals surface area contributed by atoms with Crippen LogP contribution in [0.15, 0.2) is 60.4 Å². The maximum absolute atomic E-state index is 12.5. The lowest BCUT2D eigenvalue weighted by molar-refractivity contribution is -0.142. The van der Waals surface area contributed by atoms with Crippen LogP contribution in [0.1, 0.15) is 13.8 Å². The van der Waals surface area contributed by atoms with Gasteiger partial charge >= 0.3 is 0 Å². The van der Waals surface area contributed by atoms with Gasteiger partial charge in [0.15, 0.2) is 0 Å². The highest BCUT2D eigenvalue weighted by Gasteiger charge is 2.25. The van der Waals surface area contributed by atoms with Crippen molar-refractivity contribution in [1.29, 1.82) is 0 Å². The number of ketones is 1. The number of carbonyl (C=O) groups is 2. The normalized spacial score (nSPS) is 15.7. The maximum atomic E-state index is 12.5. The number of nitrogen functional groups attached to an aromatic ring is 1. The van der Waals surface area contributed by atoms with E-state index < -0.39 is 11.7 Å². The molecule has 0 saturated carbocycles. The minimum absolute atomic E-state index is 0.226. The summed E-state index contributed by atoms with van der Waals surface area (Å²) in [6.07, 6.45) is 4.79. The molecule has 2 saturated heterocycles. The quantitative estimate of drug-likeness (QED) is 0.381. The SMILES string of the molecule is CC(C)=CC(=O)C(=O)N1CCN(c2ccc(-c3cc(-c4cnc(N)nc4)nc(N4CCOCC4)c3)cc2)CC1. The zero-order valence-corrected chi connectivity index (χ0v) is 22.3. The number of hydrogen-bond acceptors (Lipinski definition) is 9. The Kier molecular flexibility index (Phi) is 7.83. The molecule has 0 spiro atoms. The smallest absolute Gasteiger partial charge is 0.294 e. The second kappa shape index (κ2) is 11.6. The summed E-state index contributed by atoms with van der Waals surface area (Å²) < 4.78 is 5.53. The van der Waals surface area contributed by atoms with E-state index in [0.29, 0.717) is 39.4 Å². The molecule has 1 aromatic carbocycles. The summed E-state index contributed by atoms with van der Waals surface area (Å²) in [5, 5.41) is 0. The molecule has 2 aromatic heterocycles. The molecule has 2 aliphatic rings. The molecule has 0 bridgehead atoms. The van der Waals surface area contributed by atoms with Crippen molar-refractivity contribution in [1.82, 2.24) is 19.9 Å². The van der Waals surface area contributed by atoms with Gasteiger partial charge in [0.05, 0.1) is 18.9 Å². The van der Waals surface area contributed by atoms with E-state index in [2.05, 4.69) is 50.1 Å². The van der Waals surface area contributed by atoms with Gasteiger partial charge in [-0.2, -0.15) is 0 Å². The minimum atomic E-state index is -0.452. The van der Waals surface area contributed by atoms with Gasteiger partial charge in [0, 0.05) is 62.9 Å². The van der Waals surface area contributed by atoms with Crippen LogP contribution in [0.25, 0.3) is 22.4 Å². The fourth-order valence-corrected chi connectivity index (χ4v) is 4.77. The molecule has 2 aliphatic heterocycles. The summed E-state index contributed by atoms with van der Waals surface area (Å²) in [7, 11) is 0. The van der Waals surface area contributed by atoms with E-state index in [0.717, 1.165) is 52.6 Å². The van der Waals surface area contributed by atoms with E-state index in [1.54, 1.807) is 17.3 Å². The van der Waals surface area contributed by atoms with Crippen LogP contribution < -0.4 is 15.5 Å². The first-order valence-corrected chi connectivity index (χ1v) is 13.1. The summed E-state index contributed by atoms with van der Waals surface area (Å²) in [6, 6.07) is 12.6. The number of morpholine rings is 1. The van der Waals surface area contributed by atoms with Crippen molar-refractivity contribution in [2.75, 3.05) is 68.0 Å². The number of nitrogens with two attached hydrogens (primary N) is 1. The van der Waals surface area contributed by atoms with Crippen LogP contribution >= 0.6 is 0 Å². The van der Waals surface area contributed by atoms with Gasteiger partial charge < -0.3 is 25.2 Å². The minimum Gasteiger partial charge on any atom is -0.378 e. The molecule has 1 amide bonds. The first-order valence-electron chi connectivity index (χ1n) is 13.1. The highest BCUT2D eigenvalue weighted by Crippen LogP contribution is 2.31. The lowest BCUT2D eigenvalue weighted by Gasteiger charge is -2.35. The van der Waals surface area contributed by atoms with Gasteiger partial charge in [-0.25, -0.2) is 15.0 Å². The zero-order valence-electron chi connectivity index (χ0n) is 22.3. The van der Waals surface area contributed by atoms with Gasteiger partial charge in [-0.3, -0.25) is 9.59 Å². The van der Waals surface area contributed by atoms with Gasteiger partial charge in [0.2, 0.25) is 11.7 Å². The van der Waals surface area contributed by atoms with Crippen LogP contribution in [-0.2, 0) is 14.3 Å². The number of benzene rings is 1. The standard InChI is InChI=1S/C29H33N7O3/c1-20(2)15-26(37)28(38)36-9-7-34(8-10-36)24-5-3-21(4-6-24)22-16-25(23-18-31-29(30)32-19-23)33-27(17-22)35-11-13-39-14-12-35/h3-6,15-19H,7-14H2,1-2H3,(H2,30,31,32). The zero-order chi connectivity index (χ0) is 27.4. The second-order valence-electron chi connectivity index (χ2n) is 9.94. The summed E-state index contributed by atoms with van der Waals surface area (Å²) in [5.74, 6) is 0.229. The Morgan fingerprint density at radius 1 is 0.846 bits per heavy atom. The third-order valence-corrected chi connectivity index (χ3v) is 6.88. The molecule has 10 nitrogen and oxygen atoms in total. The largest absolute Gasteiger partial charge is 0.378 e. The molecule has 3 aromatic rings. The van der Waals surface area contributed by atoms with Crippen LogP contribution in [0.4, 0.5) is 17.5 Å². The fourth-order valence-electron chi connectivity index (χ4n) is 4.77. The van der Waals surface area contributed by atoms with Crippen molar-refractivity contribution in [3.63, 3.8) is 0 Å². The molecule has 4 heterocycles. The average molecular weight is 528 g/mol. The van der Waals surface area contributed by atoms with Crippen molar-refractivity contribution in [2.24, 2.45) is 0 Å². The molecule has 0 aliphatic carbocycles. The lowest BCUT2D eigenvalue weighted by atomic mass is 10.0. The number of nitrogens with zero attached hydrogens (tertiary/aromatic N) is 6. The fraction of sp³-hybridized carbons (Fsp3) is 0.345. The summed E-state index contributed by atoms with van der Waals surface area (Å²) >= 11 is 0. The van der Waals surface area contributed by atoms with Crippen molar-refractivity contribution >= 4 is 29.1 Å². The van der Waals surface area contributed by atoms with Gasteiger partial charge in [0.1, 0.15) is 5.82 Å². The van der Waals surface area contributed by atoms with E-state index in [1.165, 1.54) is 6.08 Å². The van der Waals surface area contributed by atoms with Crippen LogP contribution in [0.3, 0.4) is 0 Å². The van der Waals surface area contributed by atoms with Crippen molar-refractivity contribution in [2.45, 2.75) is 13.8 Å². The Balaban J connectivity index is 1.34. The van der Waals surface area contributed by atoms with Gasteiger partial charge in [-0.15, -0.1) is 0 Å². The van der Waals surface area contributed by atoms with Gasteiger partial charge in [0.25, 0.3) is 5.91 Å². The van der Waals surface area contributed by atoms with E-state index in [-0.39, 0.29) is 5.95 Å². The molecule has 202 valence electrons. The number of rotatable bonds is 6. The average Bonchev–Trinajstić information content (AvgIpc) is 2.97. The molecule has 10 heteroatoms. The summed E-state index contributed by atoms with van der Waals surface area (Å²) in [6.45, 7) is 8.90. The van der Waals surface area contributed by atoms with E-state index in [9.17, 15) is 9.59 Å². The van der Waals surface area contributed by atoms with Crippen LogP contribution in [-0.4, -0.2) is 84.0 Å². The number of ether oxygens (including phenoxy) is 1. The van der Waals surface area contributed by atoms with E-state index in [4.69, 9.17) is 15.5 Å². The number of hydrogen-bond donors (Lipinski definition) is 1. The molecule has 2 N–H and O–H groups in total. The Labute approximate surface area is 228 Å². The Bertz CT molecular complexity index is 1350. The van der Waals surface area contributed by atoms with E-state index in [1.807, 2.05) is 19.9 Å². The third-order valence-electron chi connectivity index (χ3n) is 6.88. The van der Waals surface area contributed by atoms with Crippen LogP contribution in [0.5, 0.6) is 0 Å². The number of amides is 1. The van der Waals surface area contributed by atoms with Gasteiger partial charge in [-0.1, -0.05) is 17.7 Å². The highest BCUT2D eigenvalue weighted by atomic mass is 16.5. The predicted octanol–water partition coefficient (Wildman–Crippen LogP) is 2.81. The molecule has 0 radical (unpaired) electrons. The molecule has 5 rings (SSSR count). The molecular formula is C29H33N7O3. The topological polar surface area (TPSA) is 118 Å². The first-order chi connectivity index (χ1) is 18.9. The maximum Gasteiger partial charge on any atom is 0.294 e. The molecule has 2 fully saturated rings. The summed E-state index contributed by atoms with van der Waals surface area (Å²) in [5.41, 5.74) is 11.3. The molecule has 0 unspecified atom stereocenters.